The molecule has 0 aliphatic heterocycles. The van der Waals surface area contributed by atoms with Crippen molar-refractivity contribution in [3.05, 3.63) is 15.6 Å². The largest absolute Gasteiger partial charge is 0.330 e. The molecule has 0 aliphatic rings. The van der Waals surface area contributed by atoms with Crippen LogP contribution in [0.2, 0.25) is 0 Å². The van der Waals surface area contributed by atoms with E-state index in [1.54, 1.807) is 11.3 Å². The summed E-state index contributed by atoms with van der Waals surface area (Å²) >= 11 is 1.76. The normalized spacial score (nSPS) is 11.2. The summed E-state index contributed by atoms with van der Waals surface area (Å²) in [5, 5.41) is 4.53. The molecule has 0 amide bonds. The highest BCUT2D eigenvalue weighted by Gasteiger charge is 2.06. The molecular weight excluding hydrogens is 194 g/mol. The van der Waals surface area contributed by atoms with Crippen LogP contribution in [0.15, 0.2) is 0 Å². The van der Waals surface area contributed by atoms with Crippen molar-refractivity contribution in [3.8, 4) is 0 Å². The van der Waals surface area contributed by atoms with Crippen molar-refractivity contribution in [2.45, 2.75) is 39.8 Å². The molecule has 0 aromatic carbocycles. The molecule has 0 radical (unpaired) electrons. The van der Waals surface area contributed by atoms with Crippen molar-refractivity contribution in [3.63, 3.8) is 0 Å². The number of aryl methyl sites for hydroxylation is 1. The van der Waals surface area contributed by atoms with Gasteiger partial charge in [0.15, 0.2) is 0 Å². The zero-order valence-corrected chi connectivity index (χ0v) is 9.95. The molecule has 1 heterocycles. The molecule has 3 nitrogen and oxygen atoms in total. The molecule has 1 rings (SSSR count). The maximum Gasteiger partial charge on any atom is 0.0944 e. The fourth-order valence-corrected chi connectivity index (χ4v) is 2.15. The van der Waals surface area contributed by atoms with Crippen LogP contribution >= 0.6 is 11.3 Å². The van der Waals surface area contributed by atoms with Crippen molar-refractivity contribution in [2.24, 2.45) is 5.73 Å². The Bertz CT molecular complexity index is 281. The van der Waals surface area contributed by atoms with Gasteiger partial charge in [0, 0.05) is 23.9 Å². The Labute approximate surface area is 89.7 Å². The Morgan fingerprint density at radius 2 is 2.21 bits per heavy atom. The fraction of sp³-hybridized carbons (Fsp3) is 0.700. The van der Waals surface area contributed by atoms with Gasteiger partial charge in [0.05, 0.1) is 10.7 Å². The highest BCUT2D eigenvalue weighted by atomic mass is 32.1. The third-order valence-corrected chi connectivity index (χ3v) is 3.05. The van der Waals surface area contributed by atoms with Crippen LogP contribution in [0.4, 0.5) is 0 Å². The van der Waals surface area contributed by atoms with Crippen LogP contribution < -0.4 is 11.1 Å². The van der Waals surface area contributed by atoms with E-state index in [2.05, 4.69) is 31.1 Å². The maximum atomic E-state index is 5.49. The summed E-state index contributed by atoms with van der Waals surface area (Å²) in [6.07, 6.45) is 0.896. The molecule has 3 N–H and O–H groups in total. The zero-order chi connectivity index (χ0) is 10.6. The Hall–Kier alpha value is -0.450. The van der Waals surface area contributed by atoms with E-state index in [4.69, 9.17) is 5.73 Å². The number of thiazole rings is 1. The predicted molar refractivity (Wildman–Crippen MR) is 61.6 cm³/mol. The van der Waals surface area contributed by atoms with Crippen LogP contribution in [0.25, 0.3) is 0 Å². The molecule has 0 unspecified atom stereocenters. The molecule has 80 valence electrons. The van der Waals surface area contributed by atoms with E-state index in [0.29, 0.717) is 12.6 Å². The van der Waals surface area contributed by atoms with Gasteiger partial charge in [0.1, 0.15) is 0 Å². The monoisotopic (exact) mass is 213 g/mol. The molecule has 0 bridgehead atoms. The topological polar surface area (TPSA) is 50.9 Å². The zero-order valence-electron chi connectivity index (χ0n) is 9.13. The highest BCUT2D eigenvalue weighted by molar-refractivity contribution is 7.11. The average Bonchev–Trinajstić information content (AvgIpc) is 2.44. The molecule has 0 atom stereocenters. The summed E-state index contributed by atoms with van der Waals surface area (Å²) in [6.45, 7) is 7.95. The first kappa shape index (κ1) is 11.6. The predicted octanol–water partition coefficient (Wildman–Crippen LogP) is 1.45. The van der Waals surface area contributed by atoms with E-state index in [1.807, 2.05) is 0 Å². The number of aromatic nitrogens is 1. The molecule has 14 heavy (non-hydrogen) atoms. The summed E-state index contributed by atoms with van der Waals surface area (Å²) < 4.78 is 0. The van der Waals surface area contributed by atoms with E-state index < -0.39 is 0 Å². The van der Waals surface area contributed by atoms with Gasteiger partial charge >= 0.3 is 0 Å². The maximum absolute atomic E-state index is 5.49. The fourth-order valence-electron chi connectivity index (χ4n) is 1.18. The lowest BCUT2D eigenvalue weighted by Crippen LogP contribution is -2.22. The molecule has 0 aliphatic carbocycles. The van der Waals surface area contributed by atoms with Gasteiger partial charge in [-0.2, -0.15) is 0 Å². The third kappa shape index (κ3) is 3.36. The molecule has 0 saturated carbocycles. The number of nitrogens with one attached hydrogen (secondary N) is 1. The molecule has 0 saturated heterocycles. The molecule has 1 aromatic heterocycles. The van der Waals surface area contributed by atoms with Gasteiger partial charge in [-0.15, -0.1) is 11.3 Å². The summed E-state index contributed by atoms with van der Waals surface area (Å²) in [5.74, 6) is 0. The SMILES string of the molecule is Cc1sc(CCN)nc1CNC(C)C. The average molecular weight is 213 g/mol. The number of nitrogens with two attached hydrogens (primary N) is 1. The Morgan fingerprint density at radius 1 is 1.50 bits per heavy atom. The first-order valence-electron chi connectivity index (χ1n) is 5.02. The molecule has 0 spiro atoms. The Morgan fingerprint density at radius 3 is 2.79 bits per heavy atom. The Kier molecular flexibility index (Phi) is 4.51. The second-order valence-corrected chi connectivity index (χ2v) is 4.97. The van der Waals surface area contributed by atoms with Crippen molar-refractivity contribution in [1.82, 2.24) is 10.3 Å². The number of rotatable bonds is 5. The van der Waals surface area contributed by atoms with Crippen LogP contribution in [0, 0.1) is 6.92 Å². The van der Waals surface area contributed by atoms with Crippen molar-refractivity contribution in [1.29, 1.82) is 0 Å². The van der Waals surface area contributed by atoms with Crippen LogP contribution in [-0.2, 0) is 13.0 Å². The second kappa shape index (κ2) is 5.44. The van der Waals surface area contributed by atoms with Crippen molar-refractivity contribution in [2.75, 3.05) is 6.54 Å². The number of hydrogen-bond donors (Lipinski definition) is 2. The quantitative estimate of drug-likeness (QED) is 0.778. The molecule has 1 aromatic rings. The smallest absolute Gasteiger partial charge is 0.0944 e. The first-order valence-corrected chi connectivity index (χ1v) is 5.83. The van der Waals surface area contributed by atoms with Crippen molar-refractivity contribution >= 4 is 11.3 Å². The van der Waals surface area contributed by atoms with Gasteiger partial charge in [-0.25, -0.2) is 4.98 Å². The lowest BCUT2D eigenvalue weighted by molar-refractivity contribution is 0.581. The van der Waals surface area contributed by atoms with Gasteiger partial charge in [-0.05, 0) is 13.5 Å². The lowest BCUT2D eigenvalue weighted by Gasteiger charge is -2.05. The molecule has 0 fully saturated rings. The standard InChI is InChI=1S/C10H19N3S/c1-7(2)12-6-9-8(3)14-10(13-9)4-5-11/h7,12H,4-6,11H2,1-3H3. The van der Waals surface area contributed by atoms with Crippen molar-refractivity contribution < 1.29 is 0 Å². The minimum atomic E-state index is 0.508. The van der Waals surface area contributed by atoms with E-state index in [9.17, 15) is 0 Å². The van der Waals surface area contributed by atoms with E-state index in [-0.39, 0.29) is 0 Å². The third-order valence-electron chi connectivity index (χ3n) is 1.97. The summed E-state index contributed by atoms with van der Waals surface area (Å²) in [5.41, 5.74) is 6.67. The minimum absolute atomic E-state index is 0.508. The Balaban J connectivity index is 2.58. The van der Waals surface area contributed by atoms with E-state index in [0.717, 1.165) is 18.0 Å². The second-order valence-electron chi connectivity index (χ2n) is 3.68. The number of nitrogens with zero attached hydrogens (tertiary/aromatic N) is 1. The summed E-state index contributed by atoms with van der Waals surface area (Å²) in [4.78, 5) is 5.85. The van der Waals surface area contributed by atoms with Crippen LogP contribution in [0.5, 0.6) is 0 Å². The van der Waals surface area contributed by atoms with E-state index >= 15 is 0 Å². The highest BCUT2D eigenvalue weighted by Crippen LogP contribution is 2.17. The van der Waals surface area contributed by atoms with Crippen LogP contribution in [0.3, 0.4) is 0 Å². The lowest BCUT2D eigenvalue weighted by atomic mass is 10.3. The van der Waals surface area contributed by atoms with Crippen LogP contribution in [0.1, 0.15) is 29.4 Å². The molecular formula is C10H19N3S. The van der Waals surface area contributed by atoms with Gasteiger partial charge in [-0.3, -0.25) is 0 Å². The van der Waals surface area contributed by atoms with Gasteiger partial charge < -0.3 is 11.1 Å². The summed E-state index contributed by atoms with van der Waals surface area (Å²) in [6, 6.07) is 0.508. The van der Waals surface area contributed by atoms with Gasteiger partial charge in [0.2, 0.25) is 0 Å². The summed E-state index contributed by atoms with van der Waals surface area (Å²) in [7, 11) is 0. The van der Waals surface area contributed by atoms with Gasteiger partial charge in [-0.1, -0.05) is 13.8 Å². The minimum Gasteiger partial charge on any atom is -0.330 e. The van der Waals surface area contributed by atoms with Crippen LogP contribution in [-0.4, -0.2) is 17.6 Å². The van der Waals surface area contributed by atoms with E-state index in [1.165, 1.54) is 10.6 Å². The van der Waals surface area contributed by atoms with Gasteiger partial charge in [0.25, 0.3) is 0 Å². The molecule has 4 heteroatoms. The number of hydrogen-bond acceptors (Lipinski definition) is 4. The first-order chi connectivity index (χ1) is 6.63.